The molecule has 0 unspecified atom stereocenters. The lowest BCUT2D eigenvalue weighted by Gasteiger charge is -2.14. The SMILES string of the molecule is COc1ccc(C(=O)Nc2c(C)cccc2C)c(OC)c1. The van der Waals surface area contributed by atoms with Gasteiger partial charge in [0.1, 0.15) is 11.5 Å². The minimum atomic E-state index is -0.202. The standard InChI is InChI=1S/C17H19NO3/c1-11-6-5-7-12(2)16(11)18-17(19)14-9-8-13(20-3)10-15(14)21-4/h5-10H,1-4H3,(H,18,19). The molecule has 4 heteroatoms. The van der Waals surface area contributed by atoms with Gasteiger partial charge in [-0.25, -0.2) is 0 Å². The third-order valence-corrected chi connectivity index (χ3v) is 3.37. The zero-order valence-corrected chi connectivity index (χ0v) is 12.7. The maximum atomic E-state index is 12.5. The van der Waals surface area contributed by atoms with Gasteiger partial charge in [0.15, 0.2) is 0 Å². The summed E-state index contributed by atoms with van der Waals surface area (Å²) in [5.74, 6) is 0.931. The second-order valence-electron chi connectivity index (χ2n) is 4.79. The molecule has 0 fully saturated rings. The Morgan fingerprint density at radius 2 is 1.67 bits per heavy atom. The molecule has 21 heavy (non-hydrogen) atoms. The lowest BCUT2D eigenvalue weighted by atomic mass is 10.1. The summed E-state index contributed by atoms with van der Waals surface area (Å²) < 4.78 is 10.4. The van der Waals surface area contributed by atoms with Crippen molar-refractivity contribution in [1.82, 2.24) is 0 Å². The van der Waals surface area contributed by atoms with E-state index in [-0.39, 0.29) is 5.91 Å². The molecule has 2 aromatic rings. The molecule has 0 saturated carbocycles. The van der Waals surface area contributed by atoms with Crippen LogP contribution in [0.25, 0.3) is 0 Å². The highest BCUT2D eigenvalue weighted by Crippen LogP contribution is 2.26. The molecule has 110 valence electrons. The fourth-order valence-electron chi connectivity index (χ4n) is 2.18. The predicted octanol–water partition coefficient (Wildman–Crippen LogP) is 3.57. The molecule has 1 N–H and O–H groups in total. The van der Waals surface area contributed by atoms with Gasteiger partial charge in [0.2, 0.25) is 0 Å². The smallest absolute Gasteiger partial charge is 0.259 e. The monoisotopic (exact) mass is 285 g/mol. The van der Waals surface area contributed by atoms with E-state index in [1.807, 2.05) is 32.0 Å². The molecule has 0 aliphatic rings. The Balaban J connectivity index is 2.32. The highest BCUT2D eigenvalue weighted by molar-refractivity contribution is 6.07. The van der Waals surface area contributed by atoms with Crippen LogP contribution in [-0.4, -0.2) is 20.1 Å². The summed E-state index contributed by atoms with van der Waals surface area (Å²) >= 11 is 0. The van der Waals surface area contributed by atoms with Crippen molar-refractivity contribution in [1.29, 1.82) is 0 Å². The van der Waals surface area contributed by atoms with Gasteiger partial charge in [0.25, 0.3) is 5.91 Å². The Morgan fingerprint density at radius 1 is 1.00 bits per heavy atom. The Bertz CT molecular complexity index is 645. The van der Waals surface area contributed by atoms with Gasteiger partial charge in [0.05, 0.1) is 19.8 Å². The molecule has 0 atom stereocenters. The summed E-state index contributed by atoms with van der Waals surface area (Å²) in [7, 11) is 3.11. The summed E-state index contributed by atoms with van der Waals surface area (Å²) in [6.45, 7) is 3.93. The van der Waals surface area contributed by atoms with Crippen molar-refractivity contribution in [3.05, 3.63) is 53.1 Å². The minimum absolute atomic E-state index is 0.202. The van der Waals surface area contributed by atoms with Crippen LogP contribution in [0.5, 0.6) is 11.5 Å². The summed E-state index contributed by atoms with van der Waals surface area (Å²) in [6.07, 6.45) is 0. The molecule has 0 aromatic heterocycles. The predicted molar refractivity (Wildman–Crippen MR) is 83.4 cm³/mol. The van der Waals surface area contributed by atoms with Gasteiger partial charge in [-0.3, -0.25) is 4.79 Å². The normalized spacial score (nSPS) is 10.1. The number of nitrogens with one attached hydrogen (secondary N) is 1. The first-order valence-corrected chi connectivity index (χ1v) is 6.66. The number of amides is 1. The molecule has 0 heterocycles. The van der Waals surface area contributed by atoms with Crippen molar-refractivity contribution >= 4 is 11.6 Å². The average molecular weight is 285 g/mol. The molecule has 0 aliphatic heterocycles. The van der Waals surface area contributed by atoms with Crippen molar-refractivity contribution in [2.45, 2.75) is 13.8 Å². The third-order valence-electron chi connectivity index (χ3n) is 3.37. The second kappa shape index (κ2) is 6.31. The van der Waals surface area contributed by atoms with Crippen molar-refractivity contribution in [2.75, 3.05) is 19.5 Å². The molecule has 0 bridgehead atoms. The van der Waals surface area contributed by atoms with Gasteiger partial charge in [-0.2, -0.15) is 0 Å². The molecule has 0 spiro atoms. The summed E-state index contributed by atoms with van der Waals surface area (Å²) in [5, 5.41) is 2.95. The zero-order valence-electron chi connectivity index (χ0n) is 12.7. The molecule has 2 aromatic carbocycles. The van der Waals surface area contributed by atoms with Crippen LogP contribution < -0.4 is 14.8 Å². The van der Waals surface area contributed by atoms with E-state index in [4.69, 9.17) is 9.47 Å². The molecule has 0 saturated heterocycles. The number of carbonyl (C=O) groups is 1. The minimum Gasteiger partial charge on any atom is -0.497 e. The Labute approximate surface area is 124 Å². The van der Waals surface area contributed by atoms with E-state index >= 15 is 0 Å². The van der Waals surface area contributed by atoms with Crippen molar-refractivity contribution in [2.24, 2.45) is 0 Å². The lowest BCUT2D eigenvalue weighted by Crippen LogP contribution is -2.15. The van der Waals surface area contributed by atoms with Gasteiger partial charge >= 0.3 is 0 Å². The largest absolute Gasteiger partial charge is 0.497 e. The van der Waals surface area contributed by atoms with Gasteiger partial charge in [-0.1, -0.05) is 18.2 Å². The highest BCUT2D eigenvalue weighted by Gasteiger charge is 2.15. The van der Waals surface area contributed by atoms with Crippen LogP contribution in [-0.2, 0) is 0 Å². The molecule has 0 radical (unpaired) electrons. The zero-order chi connectivity index (χ0) is 15.4. The maximum absolute atomic E-state index is 12.5. The number of para-hydroxylation sites is 1. The van der Waals surface area contributed by atoms with Crippen molar-refractivity contribution in [3.8, 4) is 11.5 Å². The number of rotatable bonds is 4. The van der Waals surface area contributed by atoms with Gasteiger partial charge < -0.3 is 14.8 Å². The van der Waals surface area contributed by atoms with Crippen LogP contribution in [0.3, 0.4) is 0 Å². The van der Waals surface area contributed by atoms with E-state index in [9.17, 15) is 4.79 Å². The van der Waals surface area contributed by atoms with Gasteiger partial charge in [-0.05, 0) is 37.1 Å². The molecule has 1 amide bonds. The lowest BCUT2D eigenvalue weighted by molar-refractivity contribution is 0.102. The van der Waals surface area contributed by atoms with Crippen molar-refractivity contribution < 1.29 is 14.3 Å². The van der Waals surface area contributed by atoms with Crippen LogP contribution in [0.4, 0.5) is 5.69 Å². The summed E-state index contributed by atoms with van der Waals surface area (Å²) in [5.41, 5.74) is 3.35. The first-order chi connectivity index (χ1) is 10.1. The van der Waals surface area contributed by atoms with Crippen LogP contribution >= 0.6 is 0 Å². The molecule has 4 nitrogen and oxygen atoms in total. The number of methoxy groups -OCH3 is 2. The van der Waals surface area contributed by atoms with Crippen LogP contribution in [0.15, 0.2) is 36.4 Å². The number of aryl methyl sites for hydroxylation is 2. The molecular formula is C17H19NO3. The third kappa shape index (κ3) is 3.16. The first kappa shape index (κ1) is 14.9. The van der Waals surface area contributed by atoms with Gasteiger partial charge in [-0.15, -0.1) is 0 Å². The number of hydrogen-bond acceptors (Lipinski definition) is 3. The van der Waals surface area contributed by atoms with E-state index in [0.717, 1.165) is 16.8 Å². The van der Waals surface area contributed by atoms with Gasteiger partial charge in [0, 0.05) is 11.8 Å². The fourth-order valence-corrected chi connectivity index (χ4v) is 2.18. The number of hydrogen-bond donors (Lipinski definition) is 1. The quantitative estimate of drug-likeness (QED) is 0.934. The van der Waals surface area contributed by atoms with Crippen LogP contribution in [0.2, 0.25) is 0 Å². The number of benzene rings is 2. The first-order valence-electron chi connectivity index (χ1n) is 6.66. The molecule has 2 rings (SSSR count). The number of carbonyl (C=O) groups excluding carboxylic acids is 1. The second-order valence-corrected chi connectivity index (χ2v) is 4.79. The average Bonchev–Trinajstić information content (AvgIpc) is 2.50. The maximum Gasteiger partial charge on any atom is 0.259 e. The Morgan fingerprint density at radius 3 is 2.24 bits per heavy atom. The molecule has 0 aliphatic carbocycles. The number of ether oxygens (including phenoxy) is 2. The van der Waals surface area contributed by atoms with E-state index in [2.05, 4.69) is 5.32 Å². The van der Waals surface area contributed by atoms with Crippen LogP contribution in [0.1, 0.15) is 21.5 Å². The highest BCUT2D eigenvalue weighted by atomic mass is 16.5. The number of anilines is 1. The molecular weight excluding hydrogens is 266 g/mol. The summed E-state index contributed by atoms with van der Waals surface area (Å²) in [4.78, 5) is 12.5. The topological polar surface area (TPSA) is 47.6 Å². The van der Waals surface area contributed by atoms with Crippen molar-refractivity contribution in [3.63, 3.8) is 0 Å². The van der Waals surface area contributed by atoms with E-state index in [1.165, 1.54) is 7.11 Å². The van der Waals surface area contributed by atoms with E-state index < -0.39 is 0 Å². The van der Waals surface area contributed by atoms with E-state index in [1.54, 1.807) is 25.3 Å². The summed E-state index contributed by atoms with van der Waals surface area (Å²) in [6, 6.07) is 11.0. The van der Waals surface area contributed by atoms with Crippen LogP contribution in [0, 0.1) is 13.8 Å². The Hall–Kier alpha value is -2.49. The fraction of sp³-hybridized carbons (Fsp3) is 0.235. The van der Waals surface area contributed by atoms with E-state index in [0.29, 0.717) is 17.1 Å². The Kier molecular flexibility index (Phi) is 4.48.